The Balaban J connectivity index is 3.27. The molecule has 0 unspecified atom stereocenters. The van der Waals surface area contributed by atoms with Gasteiger partial charge in [0.1, 0.15) is 0 Å². The van der Waals surface area contributed by atoms with Gasteiger partial charge in [-0.1, -0.05) is 0 Å². The molecule has 0 atom stereocenters. The first kappa shape index (κ1) is 8.94. The number of hydrogen-bond donors (Lipinski definition) is 1. The first-order valence-corrected chi connectivity index (χ1v) is 3.01. The van der Waals surface area contributed by atoms with Crippen molar-refractivity contribution in [1.29, 1.82) is 0 Å². The monoisotopic (exact) mass is 144 g/mol. The Labute approximate surface area is 60.2 Å². The summed E-state index contributed by atoms with van der Waals surface area (Å²) in [5.74, 6) is -0.809. The standard InChI is InChI=1S/C6H12N2O2/c1-8(2)5-7-4-3-6(9)10/h5H,3-4H2,1-2H3,(H,9,10). The van der Waals surface area contributed by atoms with Crippen molar-refractivity contribution in [3.63, 3.8) is 0 Å². The van der Waals surface area contributed by atoms with Crippen molar-refractivity contribution in [3.8, 4) is 0 Å². The van der Waals surface area contributed by atoms with Crippen LogP contribution in [-0.4, -0.2) is 43.0 Å². The summed E-state index contributed by atoms with van der Waals surface area (Å²) in [4.78, 5) is 15.6. The number of rotatable bonds is 4. The van der Waals surface area contributed by atoms with Gasteiger partial charge in [-0.3, -0.25) is 9.79 Å². The average Bonchev–Trinajstić information content (AvgIpc) is 1.79. The molecule has 4 heteroatoms. The van der Waals surface area contributed by atoms with Gasteiger partial charge in [-0.05, 0) is 0 Å². The van der Waals surface area contributed by atoms with Crippen molar-refractivity contribution in [1.82, 2.24) is 4.90 Å². The van der Waals surface area contributed by atoms with Crippen LogP contribution in [0.4, 0.5) is 0 Å². The van der Waals surface area contributed by atoms with Crippen LogP contribution in [0.3, 0.4) is 0 Å². The molecule has 0 aromatic heterocycles. The van der Waals surface area contributed by atoms with Crippen LogP contribution in [0.1, 0.15) is 6.42 Å². The van der Waals surface area contributed by atoms with E-state index in [-0.39, 0.29) is 6.42 Å². The number of hydrogen-bond acceptors (Lipinski definition) is 2. The van der Waals surface area contributed by atoms with Gasteiger partial charge < -0.3 is 10.0 Å². The van der Waals surface area contributed by atoms with Crippen LogP contribution in [0, 0.1) is 0 Å². The lowest BCUT2D eigenvalue weighted by Gasteiger charge is -2.00. The molecule has 1 N–H and O–H groups in total. The van der Waals surface area contributed by atoms with E-state index in [0.717, 1.165) is 0 Å². The Morgan fingerprint density at radius 3 is 2.70 bits per heavy atom. The number of carboxylic acid groups (broad SMARTS) is 1. The van der Waals surface area contributed by atoms with Crippen LogP contribution in [0.15, 0.2) is 4.99 Å². The molecule has 0 aromatic rings. The van der Waals surface area contributed by atoms with E-state index in [2.05, 4.69) is 4.99 Å². The third-order valence-electron chi connectivity index (χ3n) is 0.767. The minimum atomic E-state index is -0.809. The zero-order chi connectivity index (χ0) is 7.98. The summed E-state index contributed by atoms with van der Waals surface area (Å²) < 4.78 is 0. The molecule has 4 nitrogen and oxygen atoms in total. The molecule has 0 saturated heterocycles. The summed E-state index contributed by atoms with van der Waals surface area (Å²) in [6.07, 6.45) is 1.70. The van der Waals surface area contributed by atoms with Crippen molar-refractivity contribution >= 4 is 12.3 Å². The van der Waals surface area contributed by atoms with Gasteiger partial charge in [-0.25, -0.2) is 0 Å². The van der Waals surface area contributed by atoms with E-state index in [1.165, 1.54) is 0 Å². The van der Waals surface area contributed by atoms with Crippen LogP contribution in [0.2, 0.25) is 0 Å². The van der Waals surface area contributed by atoms with Crippen molar-refractivity contribution in [3.05, 3.63) is 0 Å². The van der Waals surface area contributed by atoms with E-state index < -0.39 is 5.97 Å². The molecule has 0 saturated carbocycles. The number of carboxylic acids is 1. The lowest BCUT2D eigenvalue weighted by atomic mass is 10.4. The highest BCUT2D eigenvalue weighted by molar-refractivity contribution is 5.67. The summed E-state index contributed by atoms with van der Waals surface area (Å²) in [7, 11) is 3.68. The molecule has 0 aromatic carbocycles. The fourth-order valence-corrected chi connectivity index (χ4v) is 0.381. The Kier molecular flexibility index (Phi) is 4.28. The molecule has 58 valence electrons. The molecule has 0 aliphatic heterocycles. The third kappa shape index (κ3) is 6.94. The normalized spacial score (nSPS) is 10.2. The van der Waals surface area contributed by atoms with Crippen molar-refractivity contribution < 1.29 is 9.90 Å². The van der Waals surface area contributed by atoms with E-state index in [9.17, 15) is 4.79 Å². The van der Waals surface area contributed by atoms with Crippen LogP contribution in [-0.2, 0) is 4.79 Å². The molecule has 0 radical (unpaired) electrons. The highest BCUT2D eigenvalue weighted by Crippen LogP contribution is 1.79. The number of nitrogens with zero attached hydrogens (tertiary/aromatic N) is 2. The first-order chi connectivity index (χ1) is 4.63. The maximum atomic E-state index is 9.96. The minimum absolute atomic E-state index is 0.102. The van der Waals surface area contributed by atoms with Gasteiger partial charge in [-0.2, -0.15) is 0 Å². The molecule has 0 fully saturated rings. The molecular weight excluding hydrogens is 132 g/mol. The largest absolute Gasteiger partial charge is 0.481 e. The average molecular weight is 144 g/mol. The highest BCUT2D eigenvalue weighted by Gasteiger charge is 1.91. The summed E-state index contributed by atoms with van der Waals surface area (Å²) in [5.41, 5.74) is 0. The second-order valence-electron chi connectivity index (χ2n) is 2.13. The first-order valence-electron chi connectivity index (χ1n) is 3.01. The molecule has 0 spiro atoms. The Bertz CT molecular complexity index is 132. The lowest BCUT2D eigenvalue weighted by molar-refractivity contribution is -0.136. The van der Waals surface area contributed by atoms with Gasteiger partial charge in [0.25, 0.3) is 0 Å². The summed E-state index contributed by atoms with van der Waals surface area (Å²) in [5, 5.41) is 8.19. The van der Waals surface area contributed by atoms with Gasteiger partial charge >= 0.3 is 5.97 Å². The van der Waals surface area contributed by atoms with Gasteiger partial charge in [0, 0.05) is 14.1 Å². The number of aliphatic imine (C=N–C) groups is 1. The SMILES string of the molecule is CN(C)C=NCCC(=O)O. The summed E-state index contributed by atoms with van der Waals surface area (Å²) in [6.45, 7) is 0.355. The highest BCUT2D eigenvalue weighted by atomic mass is 16.4. The van der Waals surface area contributed by atoms with Gasteiger partial charge in [0.2, 0.25) is 0 Å². The van der Waals surface area contributed by atoms with E-state index in [1.54, 1.807) is 11.2 Å². The second kappa shape index (κ2) is 4.78. The van der Waals surface area contributed by atoms with E-state index in [1.807, 2.05) is 14.1 Å². The van der Waals surface area contributed by atoms with E-state index >= 15 is 0 Å². The second-order valence-corrected chi connectivity index (χ2v) is 2.13. The third-order valence-corrected chi connectivity index (χ3v) is 0.767. The maximum Gasteiger partial charge on any atom is 0.305 e. The van der Waals surface area contributed by atoms with Gasteiger partial charge in [0.15, 0.2) is 0 Å². The number of aliphatic carboxylic acids is 1. The van der Waals surface area contributed by atoms with Crippen molar-refractivity contribution in [2.75, 3.05) is 20.6 Å². The Hall–Kier alpha value is -1.06. The van der Waals surface area contributed by atoms with Crippen LogP contribution in [0.5, 0.6) is 0 Å². The maximum absolute atomic E-state index is 9.96. The quantitative estimate of drug-likeness (QED) is 0.448. The van der Waals surface area contributed by atoms with Crippen LogP contribution < -0.4 is 0 Å². The molecule has 0 bridgehead atoms. The van der Waals surface area contributed by atoms with Gasteiger partial charge in [-0.15, -0.1) is 0 Å². The smallest absolute Gasteiger partial charge is 0.305 e. The molecule has 0 rings (SSSR count). The van der Waals surface area contributed by atoms with E-state index in [4.69, 9.17) is 5.11 Å². The Morgan fingerprint density at radius 2 is 2.30 bits per heavy atom. The minimum Gasteiger partial charge on any atom is -0.481 e. The lowest BCUT2D eigenvalue weighted by Crippen LogP contribution is -2.08. The topological polar surface area (TPSA) is 52.9 Å². The summed E-state index contributed by atoms with van der Waals surface area (Å²) >= 11 is 0. The predicted octanol–water partition coefficient (Wildman–Crippen LogP) is 0.0510. The Morgan fingerprint density at radius 1 is 1.70 bits per heavy atom. The molecule has 0 heterocycles. The molecular formula is C6H12N2O2. The van der Waals surface area contributed by atoms with Crippen molar-refractivity contribution in [2.45, 2.75) is 6.42 Å². The van der Waals surface area contributed by atoms with Gasteiger partial charge in [0.05, 0.1) is 19.3 Å². The molecule has 10 heavy (non-hydrogen) atoms. The molecule has 0 amide bonds. The molecule has 0 aliphatic rings. The van der Waals surface area contributed by atoms with E-state index in [0.29, 0.717) is 6.54 Å². The fourth-order valence-electron chi connectivity index (χ4n) is 0.381. The zero-order valence-corrected chi connectivity index (χ0v) is 6.24. The number of carbonyl (C=O) groups is 1. The zero-order valence-electron chi connectivity index (χ0n) is 6.24. The van der Waals surface area contributed by atoms with Crippen LogP contribution in [0.25, 0.3) is 0 Å². The predicted molar refractivity (Wildman–Crippen MR) is 39.3 cm³/mol. The fraction of sp³-hybridized carbons (Fsp3) is 0.667. The van der Waals surface area contributed by atoms with Crippen LogP contribution >= 0.6 is 0 Å². The summed E-state index contributed by atoms with van der Waals surface area (Å²) in [6, 6.07) is 0. The van der Waals surface area contributed by atoms with Crippen molar-refractivity contribution in [2.24, 2.45) is 4.99 Å². The molecule has 0 aliphatic carbocycles.